The van der Waals surface area contributed by atoms with Crippen LogP contribution in [0.5, 0.6) is 0 Å². The molecule has 1 heterocycles. The summed E-state index contributed by atoms with van der Waals surface area (Å²) in [6, 6.07) is -5.59. The molecule has 0 aromatic carbocycles. The number of primary amides is 1. The molecule has 14 N–H and O–H groups in total. The van der Waals surface area contributed by atoms with Crippen LogP contribution >= 0.6 is 0 Å². The van der Waals surface area contributed by atoms with Crippen molar-refractivity contribution in [1.29, 1.82) is 0 Å². The highest BCUT2D eigenvalue weighted by Gasteiger charge is 2.32. The molecule has 0 radical (unpaired) electrons. The number of nitrogens with two attached hydrogens (primary N) is 4. The van der Waals surface area contributed by atoms with Crippen LogP contribution in [0.2, 0.25) is 0 Å². The van der Waals surface area contributed by atoms with Gasteiger partial charge in [0.1, 0.15) is 24.2 Å². The van der Waals surface area contributed by atoms with Crippen LogP contribution < -0.4 is 38.9 Å². The fraction of sp³-hybridized carbons (Fsp3) is 0.550. The number of aliphatic hydroxyl groups excluding tert-OH is 1. The van der Waals surface area contributed by atoms with Gasteiger partial charge in [-0.25, -0.2) is 9.78 Å². The standard InChI is InChI=1S/C20H34N10O7/c1-9(31)15(22)18(35)30-12(5-10-7-25-8-27-10)16(33)29-13(6-14(21)32)17(34)28-11(19(36)37)3-2-4-26-20(23)24/h7-9,11-13,15,31H,2-6,22H2,1H3,(H2,21,32)(H,25,27)(H,28,34)(H,29,33)(H,30,35)(H,36,37)(H4,23,24,26). The number of aromatic nitrogens is 2. The van der Waals surface area contributed by atoms with Gasteiger partial charge in [-0.3, -0.25) is 24.2 Å². The lowest BCUT2D eigenvalue weighted by Crippen LogP contribution is -2.59. The van der Waals surface area contributed by atoms with Crippen molar-refractivity contribution in [2.45, 2.75) is 62.9 Å². The Kier molecular flexibility index (Phi) is 12.5. The molecule has 17 nitrogen and oxygen atoms in total. The molecule has 37 heavy (non-hydrogen) atoms. The number of carboxylic acids is 1. The molecule has 0 aliphatic heterocycles. The molecule has 1 rings (SSSR count). The lowest BCUT2D eigenvalue weighted by molar-refractivity contribution is -0.142. The van der Waals surface area contributed by atoms with Gasteiger partial charge >= 0.3 is 5.97 Å². The van der Waals surface area contributed by atoms with E-state index in [0.29, 0.717) is 5.69 Å². The second-order valence-electron chi connectivity index (χ2n) is 8.19. The number of rotatable bonds is 16. The molecule has 0 bridgehead atoms. The maximum absolute atomic E-state index is 13.0. The predicted octanol–water partition coefficient (Wildman–Crippen LogP) is -4.87. The monoisotopic (exact) mass is 526 g/mol. The first-order valence-corrected chi connectivity index (χ1v) is 11.2. The van der Waals surface area contributed by atoms with Gasteiger partial charge in [0.2, 0.25) is 23.6 Å². The summed E-state index contributed by atoms with van der Waals surface area (Å²) in [5.74, 6) is -5.23. The van der Waals surface area contributed by atoms with Crippen LogP contribution in [-0.4, -0.2) is 92.6 Å². The van der Waals surface area contributed by atoms with E-state index < -0.39 is 66.3 Å². The Hall–Kier alpha value is -4.25. The van der Waals surface area contributed by atoms with E-state index in [0.717, 1.165) is 0 Å². The number of nitrogens with zero attached hydrogens (tertiary/aromatic N) is 2. The van der Waals surface area contributed by atoms with Crippen molar-refractivity contribution in [2.75, 3.05) is 6.54 Å². The number of aliphatic hydroxyl groups is 1. The van der Waals surface area contributed by atoms with Crippen molar-refractivity contribution >= 4 is 35.6 Å². The van der Waals surface area contributed by atoms with Crippen molar-refractivity contribution in [2.24, 2.45) is 27.9 Å². The van der Waals surface area contributed by atoms with E-state index in [4.69, 9.17) is 22.9 Å². The number of carboxylic acid groups (broad SMARTS) is 1. The largest absolute Gasteiger partial charge is 0.480 e. The van der Waals surface area contributed by atoms with Crippen LogP contribution in [0.15, 0.2) is 17.5 Å². The van der Waals surface area contributed by atoms with Crippen molar-refractivity contribution < 1.29 is 34.2 Å². The van der Waals surface area contributed by atoms with Gasteiger partial charge in [-0.2, -0.15) is 0 Å². The molecule has 4 amide bonds. The zero-order valence-corrected chi connectivity index (χ0v) is 20.2. The van der Waals surface area contributed by atoms with Crippen LogP contribution in [0.4, 0.5) is 0 Å². The molecule has 5 unspecified atom stereocenters. The summed E-state index contributed by atoms with van der Waals surface area (Å²) in [7, 11) is 0. The third-order valence-electron chi connectivity index (χ3n) is 5.03. The first-order valence-electron chi connectivity index (χ1n) is 11.2. The Bertz CT molecular complexity index is 963. The third kappa shape index (κ3) is 11.4. The molecule has 17 heteroatoms. The van der Waals surface area contributed by atoms with E-state index in [9.17, 15) is 34.2 Å². The summed E-state index contributed by atoms with van der Waals surface area (Å²) in [4.78, 5) is 71.7. The number of hydrogen-bond acceptors (Lipinski definition) is 9. The Morgan fingerprint density at radius 2 is 1.62 bits per heavy atom. The summed E-state index contributed by atoms with van der Waals surface area (Å²) in [6.07, 6.45) is 0.913. The van der Waals surface area contributed by atoms with E-state index in [1.807, 2.05) is 0 Å². The lowest BCUT2D eigenvalue weighted by Gasteiger charge is -2.25. The number of amides is 4. The second-order valence-corrected chi connectivity index (χ2v) is 8.19. The summed E-state index contributed by atoms with van der Waals surface area (Å²) in [5.41, 5.74) is 21.7. The molecule has 0 aliphatic carbocycles. The average molecular weight is 527 g/mol. The maximum atomic E-state index is 13.0. The number of aliphatic imine (C=N–C) groups is 1. The third-order valence-corrected chi connectivity index (χ3v) is 5.03. The van der Waals surface area contributed by atoms with Crippen molar-refractivity contribution in [1.82, 2.24) is 25.9 Å². The first kappa shape index (κ1) is 30.8. The van der Waals surface area contributed by atoms with Gasteiger partial charge in [0.05, 0.1) is 18.9 Å². The number of imidazole rings is 1. The molecular formula is C20H34N10O7. The predicted molar refractivity (Wildman–Crippen MR) is 129 cm³/mol. The first-order chi connectivity index (χ1) is 17.3. The molecule has 0 spiro atoms. The number of guanidine groups is 1. The summed E-state index contributed by atoms with van der Waals surface area (Å²) >= 11 is 0. The number of carbonyl (C=O) groups excluding carboxylic acids is 4. The number of H-pyrrole nitrogens is 1. The minimum absolute atomic E-state index is 0.0508. The van der Waals surface area contributed by atoms with Gasteiger partial charge in [0, 0.05) is 24.9 Å². The van der Waals surface area contributed by atoms with Gasteiger partial charge in [0.15, 0.2) is 5.96 Å². The topological polar surface area (TPSA) is 307 Å². The summed E-state index contributed by atoms with van der Waals surface area (Å²) < 4.78 is 0. The second kappa shape index (κ2) is 15.0. The number of carbonyl (C=O) groups is 5. The molecule has 206 valence electrons. The van der Waals surface area contributed by atoms with Gasteiger partial charge < -0.3 is 54.1 Å². The highest BCUT2D eigenvalue weighted by atomic mass is 16.4. The maximum Gasteiger partial charge on any atom is 0.326 e. The zero-order valence-electron chi connectivity index (χ0n) is 20.2. The smallest absolute Gasteiger partial charge is 0.326 e. The van der Waals surface area contributed by atoms with Crippen LogP contribution in [0.25, 0.3) is 0 Å². The quantitative estimate of drug-likeness (QED) is 0.0553. The Labute approximate surface area is 211 Å². The Balaban J connectivity index is 3.02. The zero-order chi connectivity index (χ0) is 28.1. The van der Waals surface area contributed by atoms with Crippen molar-refractivity contribution in [3.05, 3.63) is 18.2 Å². The number of aromatic amines is 1. The van der Waals surface area contributed by atoms with Gasteiger partial charge in [-0.15, -0.1) is 0 Å². The Morgan fingerprint density at radius 1 is 1.03 bits per heavy atom. The van der Waals surface area contributed by atoms with Crippen LogP contribution in [0.1, 0.15) is 31.9 Å². The molecule has 1 aromatic heterocycles. The average Bonchev–Trinajstić information content (AvgIpc) is 3.31. The molecule has 5 atom stereocenters. The number of nitrogens with one attached hydrogen (secondary N) is 4. The van der Waals surface area contributed by atoms with Crippen LogP contribution in [0.3, 0.4) is 0 Å². The van der Waals surface area contributed by atoms with E-state index in [1.54, 1.807) is 0 Å². The van der Waals surface area contributed by atoms with Gasteiger partial charge in [-0.1, -0.05) is 0 Å². The van der Waals surface area contributed by atoms with E-state index >= 15 is 0 Å². The van der Waals surface area contributed by atoms with Crippen LogP contribution in [0, 0.1) is 0 Å². The minimum atomic E-state index is -1.56. The van der Waals surface area contributed by atoms with E-state index in [2.05, 4.69) is 30.9 Å². The van der Waals surface area contributed by atoms with Crippen LogP contribution in [-0.2, 0) is 30.4 Å². The van der Waals surface area contributed by atoms with Crippen molar-refractivity contribution in [3.63, 3.8) is 0 Å². The molecule has 0 aliphatic rings. The number of aliphatic carboxylic acids is 1. The molecule has 1 aromatic rings. The highest BCUT2D eigenvalue weighted by Crippen LogP contribution is 2.04. The highest BCUT2D eigenvalue weighted by molar-refractivity contribution is 5.96. The lowest BCUT2D eigenvalue weighted by atomic mass is 10.1. The van der Waals surface area contributed by atoms with Gasteiger partial charge in [0.25, 0.3) is 0 Å². The van der Waals surface area contributed by atoms with Crippen molar-refractivity contribution in [3.8, 4) is 0 Å². The molecular weight excluding hydrogens is 492 g/mol. The fourth-order valence-electron chi connectivity index (χ4n) is 3.03. The molecule has 0 saturated carbocycles. The molecule has 0 fully saturated rings. The summed E-state index contributed by atoms with van der Waals surface area (Å²) in [5, 5.41) is 25.9. The normalized spacial score (nSPS) is 14.8. The fourth-order valence-corrected chi connectivity index (χ4v) is 3.03. The van der Waals surface area contributed by atoms with Gasteiger partial charge in [-0.05, 0) is 19.8 Å². The molecule has 0 saturated heterocycles. The minimum Gasteiger partial charge on any atom is -0.480 e. The number of hydrogen-bond donors (Lipinski definition) is 10. The van der Waals surface area contributed by atoms with E-state index in [-0.39, 0.29) is 31.8 Å². The summed E-state index contributed by atoms with van der Waals surface area (Å²) in [6.45, 7) is 1.41. The SMILES string of the molecule is CC(O)C(N)C(=O)NC(Cc1cnc[nH]1)C(=O)NC(CC(N)=O)C(=O)NC(CCCN=C(N)N)C(=O)O. The van der Waals surface area contributed by atoms with E-state index in [1.165, 1.54) is 19.4 Å². The Morgan fingerprint density at radius 3 is 2.14 bits per heavy atom.